The Balaban J connectivity index is 1.42. The monoisotopic (exact) mass is 419 g/mol. The largest absolute Gasteiger partial charge is 0.344 e. The fraction of sp³-hybridized carbons (Fsp3) is 0.474. The van der Waals surface area contributed by atoms with Crippen molar-refractivity contribution in [2.75, 3.05) is 31.1 Å². The van der Waals surface area contributed by atoms with Crippen LogP contribution in [0.2, 0.25) is 0 Å². The number of hydrogen-bond acceptors (Lipinski definition) is 6. The van der Waals surface area contributed by atoms with Crippen LogP contribution in [0, 0.1) is 0 Å². The number of hydrogen-bond donors (Lipinski definition) is 0. The lowest BCUT2D eigenvalue weighted by Crippen LogP contribution is -2.49. The quantitative estimate of drug-likeness (QED) is 0.650. The fourth-order valence-electron chi connectivity index (χ4n) is 3.21. The van der Waals surface area contributed by atoms with E-state index in [0.29, 0.717) is 26.2 Å². The molecule has 0 N–H and O–H groups in total. The van der Waals surface area contributed by atoms with Crippen LogP contribution in [-0.2, 0) is 21.2 Å². The number of nitrogens with zero attached hydrogens (tertiary/aromatic N) is 5. The Hall–Kier alpha value is -1.97. The van der Waals surface area contributed by atoms with Gasteiger partial charge in [-0.3, -0.25) is 0 Å². The highest BCUT2D eigenvalue weighted by Crippen LogP contribution is 2.28. The van der Waals surface area contributed by atoms with E-state index in [1.807, 2.05) is 41.0 Å². The Bertz CT molecular complexity index is 1030. The van der Waals surface area contributed by atoms with Gasteiger partial charge in [0, 0.05) is 31.6 Å². The molecule has 1 aromatic carbocycles. The molecule has 3 heterocycles. The summed E-state index contributed by atoms with van der Waals surface area (Å²) in [6.07, 6.45) is 1.98. The molecular formula is C19H25N5O2S2. The first-order valence-electron chi connectivity index (χ1n) is 9.36. The van der Waals surface area contributed by atoms with E-state index in [0.717, 1.165) is 21.3 Å². The number of fused-ring (bicyclic) bond motifs is 1. The van der Waals surface area contributed by atoms with Gasteiger partial charge < -0.3 is 4.90 Å². The molecule has 0 amide bonds. The predicted molar refractivity (Wildman–Crippen MR) is 112 cm³/mol. The van der Waals surface area contributed by atoms with Gasteiger partial charge >= 0.3 is 0 Å². The van der Waals surface area contributed by atoms with E-state index in [2.05, 4.69) is 35.8 Å². The number of anilines is 1. The van der Waals surface area contributed by atoms with Crippen molar-refractivity contribution in [3.8, 4) is 0 Å². The lowest BCUT2D eigenvalue weighted by molar-refractivity contribution is 0.384. The van der Waals surface area contributed by atoms with Gasteiger partial charge in [0.15, 0.2) is 0 Å². The van der Waals surface area contributed by atoms with Crippen LogP contribution in [0.4, 0.5) is 5.13 Å². The molecule has 0 saturated carbocycles. The minimum absolute atomic E-state index is 0.00762. The Morgan fingerprint density at radius 3 is 2.36 bits per heavy atom. The van der Waals surface area contributed by atoms with Crippen molar-refractivity contribution in [2.24, 2.45) is 0 Å². The van der Waals surface area contributed by atoms with E-state index in [9.17, 15) is 8.42 Å². The molecule has 3 aromatic rings. The van der Waals surface area contributed by atoms with Crippen molar-refractivity contribution in [2.45, 2.75) is 31.9 Å². The standard InChI is InChI=1S/C19H25N5O2S2/c1-19(2,3)16-13-24-17(20-16)27-18(21-24)22-9-11-23(12-10-22)28(25,26)14-15-7-5-4-6-8-15/h4-8,13H,9-12,14H2,1-3H3. The molecule has 0 bridgehead atoms. The Morgan fingerprint density at radius 2 is 1.75 bits per heavy atom. The Kier molecular flexibility index (Phi) is 4.93. The van der Waals surface area contributed by atoms with Crippen molar-refractivity contribution in [3.63, 3.8) is 0 Å². The number of piperazine rings is 1. The van der Waals surface area contributed by atoms with Gasteiger partial charge in [-0.1, -0.05) is 62.4 Å². The molecule has 1 fully saturated rings. The minimum Gasteiger partial charge on any atom is -0.344 e. The summed E-state index contributed by atoms with van der Waals surface area (Å²) in [5.74, 6) is 0.0501. The molecule has 0 unspecified atom stereocenters. The van der Waals surface area contributed by atoms with Gasteiger partial charge in [-0.25, -0.2) is 17.9 Å². The number of sulfonamides is 1. The molecule has 2 aromatic heterocycles. The van der Waals surface area contributed by atoms with E-state index < -0.39 is 10.0 Å². The molecule has 1 saturated heterocycles. The normalized spacial score (nSPS) is 16.8. The van der Waals surface area contributed by atoms with Crippen molar-refractivity contribution < 1.29 is 8.42 Å². The molecule has 0 spiro atoms. The van der Waals surface area contributed by atoms with Crippen molar-refractivity contribution >= 4 is 31.5 Å². The summed E-state index contributed by atoms with van der Waals surface area (Å²) in [5, 5.41) is 5.55. The number of rotatable bonds is 4. The van der Waals surface area contributed by atoms with Crippen LogP contribution in [0.15, 0.2) is 36.5 Å². The SMILES string of the molecule is CC(C)(C)c1cn2nc(N3CCN(S(=O)(=O)Cc4ccccc4)CC3)sc2n1. The van der Waals surface area contributed by atoms with Crippen LogP contribution >= 0.6 is 11.3 Å². The molecule has 9 heteroatoms. The van der Waals surface area contributed by atoms with Gasteiger partial charge in [-0.05, 0) is 5.56 Å². The van der Waals surface area contributed by atoms with Crippen molar-refractivity contribution in [1.29, 1.82) is 0 Å². The van der Waals surface area contributed by atoms with Gasteiger partial charge in [0.2, 0.25) is 20.1 Å². The van der Waals surface area contributed by atoms with Crippen molar-refractivity contribution in [1.82, 2.24) is 18.9 Å². The molecule has 7 nitrogen and oxygen atoms in total. The van der Waals surface area contributed by atoms with Gasteiger partial charge in [0.1, 0.15) is 0 Å². The lowest BCUT2D eigenvalue weighted by atomic mass is 9.93. The van der Waals surface area contributed by atoms with Crippen LogP contribution in [-0.4, -0.2) is 53.5 Å². The smallest absolute Gasteiger partial charge is 0.218 e. The molecule has 0 aliphatic carbocycles. The van der Waals surface area contributed by atoms with Gasteiger partial charge in [-0.15, -0.1) is 5.10 Å². The van der Waals surface area contributed by atoms with Crippen LogP contribution < -0.4 is 4.90 Å². The van der Waals surface area contributed by atoms with Crippen LogP contribution in [0.5, 0.6) is 0 Å². The van der Waals surface area contributed by atoms with E-state index in [1.165, 1.54) is 0 Å². The minimum atomic E-state index is -3.31. The Morgan fingerprint density at radius 1 is 1.07 bits per heavy atom. The molecule has 0 atom stereocenters. The maximum absolute atomic E-state index is 12.7. The highest BCUT2D eigenvalue weighted by molar-refractivity contribution is 7.88. The van der Waals surface area contributed by atoms with E-state index in [-0.39, 0.29) is 11.2 Å². The summed E-state index contributed by atoms with van der Waals surface area (Å²) in [7, 11) is -3.31. The molecule has 0 radical (unpaired) electrons. The maximum Gasteiger partial charge on any atom is 0.218 e. The third-order valence-electron chi connectivity index (χ3n) is 4.90. The van der Waals surface area contributed by atoms with E-state index in [4.69, 9.17) is 0 Å². The highest BCUT2D eigenvalue weighted by Gasteiger charge is 2.29. The van der Waals surface area contributed by atoms with Crippen LogP contribution in [0.25, 0.3) is 4.96 Å². The summed E-state index contributed by atoms with van der Waals surface area (Å²) < 4.78 is 28.8. The van der Waals surface area contributed by atoms with E-state index in [1.54, 1.807) is 15.6 Å². The first-order chi connectivity index (χ1) is 13.2. The predicted octanol–water partition coefficient (Wildman–Crippen LogP) is 2.74. The summed E-state index contributed by atoms with van der Waals surface area (Å²) in [4.78, 5) is 7.70. The third-order valence-corrected chi connectivity index (χ3v) is 7.73. The molecule has 28 heavy (non-hydrogen) atoms. The first-order valence-corrected chi connectivity index (χ1v) is 11.8. The summed E-state index contributed by atoms with van der Waals surface area (Å²) in [6.45, 7) is 8.63. The van der Waals surface area contributed by atoms with Gasteiger partial charge in [-0.2, -0.15) is 4.31 Å². The first kappa shape index (κ1) is 19.4. The van der Waals surface area contributed by atoms with Crippen LogP contribution in [0.1, 0.15) is 32.0 Å². The molecule has 1 aliphatic rings. The highest BCUT2D eigenvalue weighted by atomic mass is 32.2. The number of benzene rings is 1. The van der Waals surface area contributed by atoms with E-state index >= 15 is 0 Å². The maximum atomic E-state index is 12.7. The second kappa shape index (κ2) is 7.13. The summed E-state index contributed by atoms with van der Waals surface area (Å²) >= 11 is 1.55. The fourth-order valence-corrected chi connectivity index (χ4v) is 5.66. The molecule has 4 rings (SSSR count). The molecule has 150 valence electrons. The molecule has 1 aliphatic heterocycles. The zero-order chi connectivity index (χ0) is 19.9. The van der Waals surface area contributed by atoms with Crippen molar-refractivity contribution in [3.05, 3.63) is 47.8 Å². The summed E-state index contributed by atoms with van der Waals surface area (Å²) in [6, 6.07) is 9.33. The average Bonchev–Trinajstić information content (AvgIpc) is 3.21. The third kappa shape index (κ3) is 3.92. The second-order valence-electron chi connectivity index (χ2n) is 8.12. The number of imidazole rings is 1. The zero-order valence-corrected chi connectivity index (χ0v) is 18.0. The average molecular weight is 420 g/mol. The second-order valence-corrected chi connectivity index (χ2v) is 11.0. The van der Waals surface area contributed by atoms with Gasteiger partial charge in [0.25, 0.3) is 0 Å². The molecular weight excluding hydrogens is 394 g/mol. The van der Waals surface area contributed by atoms with Gasteiger partial charge in [0.05, 0.1) is 17.6 Å². The topological polar surface area (TPSA) is 70.8 Å². The Labute approximate surface area is 169 Å². The lowest BCUT2D eigenvalue weighted by Gasteiger charge is -2.33. The zero-order valence-electron chi connectivity index (χ0n) is 16.4. The van der Waals surface area contributed by atoms with Crippen LogP contribution in [0.3, 0.4) is 0 Å². The summed E-state index contributed by atoms with van der Waals surface area (Å²) in [5.41, 5.74) is 1.84. The number of aromatic nitrogens is 3.